The van der Waals surface area contributed by atoms with Crippen LogP contribution in [0, 0.1) is 5.82 Å². The molecule has 1 aliphatic rings. The van der Waals surface area contributed by atoms with E-state index in [2.05, 4.69) is 26.8 Å². The van der Waals surface area contributed by atoms with Gasteiger partial charge >= 0.3 is 0 Å². The van der Waals surface area contributed by atoms with Gasteiger partial charge in [-0.3, -0.25) is 10.2 Å². The molecular formula is C33H31BrFN3O4. The average Bonchev–Trinajstić information content (AvgIpc) is 3.39. The Morgan fingerprint density at radius 3 is 2.43 bits per heavy atom. The second kappa shape index (κ2) is 13.7. The first kappa shape index (κ1) is 29.4. The Hall–Kier alpha value is -4.05. The largest absolute Gasteiger partial charge is 0.494 e. The Bertz CT molecular complexity index is 1520. The topological polar surface area (TPSA) is 92.2 Å². The van der Waals surface area contributed by atoms with Crippen LogP contribution in [0.3, 0.4) is 0 Å². The van der Waals surface area contributed by atoms with Gasteiger partial charge in [0.1, 0.15) is 11.6 Å². The number of hydrazine groups is 1. The fourth-order valence-corrected chi connectivity index (χ4v) is 5.07. The molecule has 7 nitrogen and oxygen atoms in total. The fraction of sp³-hybridized carbons (Fsp3) is 0.212. The molecule has 0 aliphatic carbocycles. The first-order valence-electron chi connectivity index (χ1n) is 13.6. The summed E-state index contributed by atoms with van der Waals surface area (Å²) < 4.78 is 26.8. The van der Waals surface area contributed by atoms with Crippen LogP contribution < -0.4 is 15.6 Å². The molecule has 3 N–H and O–H groups in total. The summed E-state index contributed by atoms with van der Waals surface area (Å²) >= 11 is 3.49. The SMILES string of the molecule is O=C(NNCc1cccc(F)c1)[C@@]1(Cc2ccccc2)N=C(c2ccc(OCCCO)cc2)O[C@H]1c1ccc(Br)cc1. The van der Waals surface area contributed by atoms with E-state index in [0.717, 1.165) is 15.6 Å². The molecule has 0 spiro atoms. The lowest BCUT2D eigenvalue weighted by Gasteiger charge is -2.31. The van der Waals surface area contributed by atoms with Gasteiger partial charge in [-0.05, 0) is 65.2 Å². The summed E-state index contributed by atoms with van der Waals surface area (Å²) in [5.41, 5.74) is 7.50. The Kier molecular flexibility index (Phi) is 9.63. The van der Waals surface area contributed by atoms with Gasteiger partial charge in [0.2, 0.25) is 5.90 Å². The van der Waals surface area contributed by atoms with Gasteiger partial charge in [-0.1, -0.05) is 70.5 Å². The monoisotopic (exact) mass is 631 g/mol. The quantitative estimate of drug-likeness (QED) is 0.138. The van der Waals surface area contributed by atoms with Gasteiger partial charge in [-0.25, -0.2) is 14.8 Å². The lowest BCUT2D eigenvalue weighted by molar-refractivity contribution is -0.130. The van der Waals surface area contributed by atoms with E-state index >= 15 is 0 Å². The molecule has 1 heterocycles. The van der Waals surface area contributed by atoms with E-state index in [9.17, 15) is 9.18 Å². The van der Waals surface area contributed by atoms with Gasteiger partial charge in [-0.15, -0.1) is 0 Å². The van der Waals surface area contributed by atoms with E-state index in [1.54, 1.807) is 12.1 Å². The molecule has 0 aromatic heterocycles. The zero-order valence-electron chi connectivity index (χ0n) is 22.8. The number of aliphatic hydroxyl groups excluding tert-OH is 1. The summed E-state index contributed by atoms with van der Waals surface area (Å²) in [6.45, 7) is 0.688. The summed E-state index contributed by atoms with van der Waals surface area (Å²) in [4.78, 5) is 19.2. The van der Waals surface area contributed by atoms with Gasteiger partial charge in [-0.2, -0.15) is 0 Å². The highest BCUT2D eigenvalue weighted by atomic mass is 79.9. The molecule has 4 aromatic carbocycles. The van der Waals surface area contributed by atoms with E-state index in [-0.39, 0.29) is 31.3 Å². The van der Waals surface area contributed by atoms with Crippen molar-refractivity contribution in [2.24, 2.45) is 4.99 Å². The molecule has 0 saturated heterocycles. The first-order valence-corrected chi connectivity index (χ1v) is 14.4. The maximum atomic E-state index is 14.2. The molecule has 1 aliphatic heterocycles. The van der Waals surface area contributed by atoms with Crippen LogP contribution in [0.1, 0.15) is 34.8 Å². The van der Waals surface area contributed by atoms with Crippen LogP contribution in [0.15, 0.2) is 113 Å². The van der Waals surface area contributed by atoms with Crippen molar-refractivity contribution in [3.8, 4) is 5.75 Å². The highest BCUT2D eigenvalue weighted by molar-refractivity contribution is 9.10. The number of benzene rings is 4. The molecule has 216 valence electrons. The highest BCUT2D eigenvalue weighted by Crippen LogP contribution is 2.42. The minimum Gasteiger partial charge on any atom is -0.494 e. The number of aliphatic imine (C=N–C) groups is 1. The van der Waals surface area contributed by atoms with Crippen LogP contribution in [-0.4, -0.2) is 35.7 Å². The molecular weight excluding hydrogens is 601 g/mol. The van der Waals surface area contributed by atoms with Crippen LogP contribution >= 0.6 is 15.9 Å². The third-order valence-corrected chi connectivity index (χ3v) is 7.43. The number of amides is 1. The smallest absolute Gasteiger partial charge is 0.266 e. The minimum absolute atomic E-state index is 0.0584. The molecule has 0 radical (unpaired) electrons. The van der Waals surface area contributed by atoms with Crippen LogP contribution in [0.5, 0.6) is 5.75 Å². The second-order valence-corrected chi connectivity index (χ2v) is 10.9. The Balaban J connectivity index is 1.49. The van der Waals surface area contributed by atoms with E-state index < -0.39 is 11.6 Å². The lowest BCUT2D eigenvalue weighted by Crippen LogP contribution is -2.53. The summed E-state index contributed by atoms with van der Waals surface area (Å²) in [6, 6.07) is 30.8. The van der Waals surface area contributed by atoms with Crippen molar-refractivity contribution in [2.45, 2.75) is 31.0 Å². The number of hydrogen-bond donors (Lipinski definition) is 3. The number of aliphatic hydroxyl groups is 1. The molecule has 0 unspecified atom stereocenters. The summed E-state index contributed by atoms with van der Waals surface area (Å²) in [7, 11) is 0. The third-order valence-electron chi connectivity index (χ3n) is 6.90. The predicted molar refractivity (Wildman–Crippen MR) is 162 cm³/mol. The minimum atomic E-state index is -1.37. The Morgan fingerprint density at radius 2 is 1.71 bits per heavy atom. The molecule has 5 rings (SSSR count). The maximum absolute atomic E-state index is 14.2. The number of rotatable bonds is 12. The van der Waals surface area contributed by atoms with Gasteiger partial charge in [0.25, 0.3) is 5.91 Å². The normalized spacial score (nSPS) is 17.8. The van der Waals surface area contributed by atoms with E-state index in [0.29, 0.717) is 35.8 Å². The van der Waals surface area contributed by atoms with E-state index in [1.807, 2.05) is 78.9 Å². The molecule has 0 bridgehead atoms. The molecule has 1 amide bonds. The zero-order chi connectivity index (χ0) is 29.4. The van der Waals surface area contributed by atoms with Crippen molar-refractivity contribution < 1.29 is 23.8 Å². The highest BCUT2D eigenvalue weighted by Gasteiger charge is 2.53. The Morgan fingerprint density at radius 1 is 0.976 bits per heavy atom. The lowest BCUT2D eigenvalue weighted by atomic mass is 9.82. The molecule has 0 saturated carbocycles. The zero-order valence-corrected chi connectivity index (χ0v) is 24.4. The van der Waals surface area contributed by atoms with Crippen LogP contribution in [-0.2, 0) is 22.5 Å². The number of nitrogens with zero attached hydrogens (tertiary/aromatic N) is 1. The average molecular weight is 633 g/mol. The van der Waals surface area contributed by atoms with Crippen LogP contribution in [0.4, 0.5) is 4.39 Å². The third kappa shape index (κ3) is 7.05. The molecule has 9 heteroatoms. The van der Waals surface area contributed by atoms with Crippen LogP contribution in [0.25, 0.3) is 0 Å². The van der Waals surface area contributed by atoms with Gasteiger partial charge in [0.15, 0.2) is 11.6 Å². The first-order chi connectivity index (χ1) is 20.5. The number of nitrogens with one attached hydrogen (secondary N) is 2. The number of ether oxygens (including phenoxy) is 2. The van der Waals surface area contributed by atoms with Crippen molar-refractivity contribution >= 4 is 27.7 Å². The van der Waals surface area contributed by atoms with Crippen molar-refractivity contribution in [1.29, 1.82) is 0 Å². The Labute approximate surface area is 252 Å². The second-order valence-electron chi connectivity index (χ2n) is 9.94. The maximum Gasteiger partial charge on any atom is 0.266 e. The standard InChI is InChI=1S/C33H31BrFN3O4/c34-27-14-10-25(11-15-27)30-33(21-23-6-2-1-3-7-23,32(40)38-36-22-24-8-4-9-28(35)20-24)37-31(42-30)26-12-16-29(17-13-26)41-19-5-18-39/h1-4,6-17,20,30,36,39H,5,18-19,21-22H2,(H,38,40)/t30-,33-/m0/s1. The number of carbonyl (C=O) groups excluding carboxylic acids is 1. The molecule has 42 heavy (non-hydrogen) atoms. The summed E-state index contributed by atoms with van der Waals surface area (Å²) in [6.07, 6.45) is 0.0716. The van der Waals surface area contributed by atoms with Crippen molar-refractivity contribution in [3.05, 3.63) is 136 Å². The van der Waals surface area contributed by atoms with E-state index in [1.165, 1.54) is 12.1 Å². The van der Waals surface area contributed by atoms with Crippen molar-refractivity contribution in [2.75, 3.05) is 13.2 Å². The number of halogens is 2. The molecule has 2 atom stereocenters. The molecule has 4 aromatic rings. The number of carbonyl (C=O) groups is 1. The summed E-state index contributed by atoms with van der Waals surface area (Å²) in [5.74, 6) is 0.264. The summed E-state index contributed by atoms with van der Waals surface area (Å²) in [5, 5.41) is 9.02. The van der Waals surface area contributed by atoms with Gasteiger partial charge < -0.3 is 14.6 Å². The van der Waals surface area contributed by atoms with Gasteiger partial charge in [0.05, 0.1) is 6.61 Å². The predicted octanol–water partition coefficient (Wildman–Crippen LogP) is 5.67. The fourth-order valence-electron chi connectivity index (χ4n) is 4.81. The van der Waals surface area contributed by atoms with Crippen LogP contribution in [0.2, 0.25) is 0 Å². The number of hydrogen-bond acceptors (Lipinski definition) is 6. The van der Waals surface area contributed by atoms with Crippen molar-refractivity contribution in [3.63, 3.8) is 0 Å². The molecule has 0 fully saturated rings. The van der Waals surface area contributed by atoms with Gasteiger partial charge in [0, 0.05) is 36.0 Å². The van der Waals surface area contributed by atoms with E-state index in [4.69, 9.17) is 19.6 Å². The van der Waals surface area contributed by atoms with Crippen molar-refractivity contribution in [1.82, 2.24) is 10.9 Å².